The van der Waals surface area contributed by atoms with Gasteiger partial charge in [0.1, 0.15) is 19.8 Å². The average Bonchev–Trinajstić information content (AvgIpc) is 3.32. The summed E-state index contributed by atoms with van der Waals surface area (Å²) >= 11 is 0. The van der Waals surface area contributed by atoms with Crippen molar-refractivity contribution in [3.8, 4) is 0 Å². The van der Waals surface area contributed by atoms with E-state index in [9.17, 15) is 19.0 Å². The Hall–Kier alpha value is -3.33. The standard InChI is InChI=1S/C60H102NO8P/c1-6-8-10-12-14-16-18-20-22-23-24-25-26-27-28-29-30-31-32-33-34-35-36-37-39-41-43-45-47-49-51-53-60(63)69-58(57-68-70(64,65)67-55-54-61(3,4)5)56-66-59(62)52-50-48-46-44-42-40-38-21-19-17-15-13-11-9-7-2/h8,10,14,16,20,22,24-25,27-28,30-31,33-34,36-37,41,43,58H,6-7,9,11-13,15,17-19,21,23,26,29,32,35,38-40,42,44-57H2,1-5H3/p+1/b10-8-,16-14-,22-20-,25-24-,28-27-,31-30-,34-33-,37-36-,43-41-. The lowest BCUT2D eigenvalue weighted by Crippen LogP contribution is -2.37. The summed E-state index contributed by atoms with van der Waals surface area (Å²) in [5.74, 6) is -0.840. The summed E-state index contributed by atoms with van der Waals surface area (Å²) in [4.78, 5) is 35.6. The largest absolute Gasteiger partial charge is 0.472 e. The second-order valence-corrected chi connectivity index (χ2v) is 20.7. The average molecular weight is 997 g/mol. The molecule has 0 aliphatic rings. The van der Waals surface area contributed by atoms with Gasteiger partial charge in [-0.3, -0.25) is 18.6 Å². The van der Waals surface area contributed by atoms with Gasteiger partial charge in [-0.2, -0.15) is 0 Å². The van der Waals surface area contributed by atoms with Crippen molar-refractivity contribution in [1.82, 2.24) is 0 Å². The second-order valence-electron chi connectivity index (χ2n) is 19.2. The zero-order chi connectivity index (χ0) is 51.3. The number of rotatable bonds is 49. The monoisotopic (exact) mass is 997 g/mol. The van der Waals surface area contributed by atoms with Gasteiger partial charge < -0.3 is 18.9 Å². The molecule has 0 aromatic heterocycles. The first-order valence-electron chi connectivity index (χ1n) is 27.6. The number of esters is 2. The summed E-state index contributed by atoms with van der Waals surface area (Å²) in [6, 6.07) is 0. The first kappa shape index (κ1) is 66.7. The number of phosphoric ester groups is 1. The van der Waals surface area contributed by atoms with E-state index in [0.29, 0.717) is 17.4 Å². The number of likely N-dealkylation sites (N-methyl/N-ethyl adjacent to an activating group) is 1. The molecular formula is C60H103NO8P+. The summed E-state index contributed by atoms with van der Waals surface area (Å²) in [7, 11) is 1.44. The van der Waals surface area contributed by atoms with Crippen LogP contribution >= 0.6 is 7.82 Å². The van der Waals surface area contributed by atoms with E-state index in [1.807, 2.05) is 21.1 Å². The third-order valence-corrected chi connectivity index (χ3v) is 12.3. The maximum Gasteiger partial charge on any atom is 0.472 e. The number of hydrogen-bond acceptors (Lipinski definition) is 7. The van der Waals surface area contributed by atoms with E-state index >= 15 is 0 Å². The van der Waals surface area contributed by atoms with Crippen molar-refractivity contribution >= 4 is 19.8 Å². The van der Waals surface area contributed by atoms with Gasteiger partial charge in [-0.25, -0.2) is 4.57 Å². The molecule has 70 heavy (non-hydrogen) atoms. The molecule has 0 aromatic rings. The highest BCUT2D eigenvalue weighted by Gasteiger charge is 2.27. The van der Waals surface area contributed by atoms with Crippen LogP contribution < -0.4 is 0 Å². The predicted octanol–water partition coefficient (Wildman–Crippen LogP) is 17.0. The van der Waals surface area contributed by atoms with E-state index in [-0.39, 0.29) is 32.0 Å². The molecule has 2 atom stereocenters. The lowest BCUT2D eigenvalue weighted by atomic mass is 10.0. The number of carbonyl (C=O) groups is 2. The molecule has 2 unspecified atom stereocenters. The van der Waals surface area contributed by atoms with Crippen LogP contribution in [0.15, 0.2) is 109 Å². The topological polar surface area (TPSA) is 108 Å². The fourth-order valence-electron chi connectivity index (χ4n) is 7.07. The van der Waals surface area contributed by atoms with Crippen LogP contribution in [0.4, 0.5) is 0 Å². The molecule has 0 saturated carbocycles. The van der Waals surface area contributed by atoms with Crippen molar-refractivity contribution < 1.29 is 42.1 Å². The van der Waals surface area contributed by atoms with Gasteiger partial charge >= 0.3 is 19.8 Å². The molecule has 400 valence electrons. The summed E-state index contributed by atoms with van der Waals surface area (Å²) < 4.78 is 34.4. The third kappa shape index (κ3) is 54.0. The van der Waals surface area contributed by atoms with Gasteiger partial charge in [0.2, 0.25) is 0 Å². The first-order valence-corrected chi connectivity index (χ1v) is 29.1. The molecule has 0 bridgehead atoms. The van der Waals surface area contributed by atoms with Crippen LogP contribution in [-0.2, 0) is 32.7 Å². The van der Waals surface area contributed by atoms with Gasteiger partial charge in [-0.05, 0) is 83.5 Å². The Labute approximate surface area is 429 Å². The Morgan fingerprint density at radius 3 is 1.21 bits per heavy atom. The van der Waals surface area contributed by atoms with Gasteiger partial charge in [0.15, 0.2) is 6.10 Å². The Balaban J connectivity index is 4.29. The fraction of sp³-hybridized carbons (Fsp3) is 0.667. The quantitative estimate of drug-likeness (QED) is 0.0211. The number of ether oxygens (including phenoxy) is 2. The van der Waals surface area contributed by atoms with Gasteiger partial charge in [-0.15, -0.1) is 0 Å². The van der Waals surface area contributed by atoms with Crippen molar-refractivity contribution in [2.45, 2.75) is 213 Å². The fourth-order valence-corrected chi connectivity index (χ4v) is 7.81. The number of quaternary nitrogens is 1. The maximum atomic E-state index is 12.8. The number of nitrogens with zero attached hydrogens (tertiary/aromatic N) is 1. The highest BCUT2D eigenvalue weighted by Crippen LogP contribution is 2.43. The van der Waals surface area contributed by atoms with E-state index in [2.05, 4.69) is 123 Å². The molecule has 0 fully saturated rings. The van der Waals surface area contributed by atoms with E-state index in [1.54, 1.807) is 0 Å². The lowest BCUT2D eigenvalue weighted by molar-refractivity contribution is -0.870. The van der Waals surface area contributed by atoms with Crippen LogP contribution in [0.2, 0.25) is 0 Å². The number of phosphoric acid groups is 1. The van der Waals surface area contributed by atoms with Gasteiger partial charge in [0, 0.05) is 12.8 Å². The normalized spacial score (nSPS) is 14.2. The van der Waals surface area contributed by atoms with Crippen LogP contribution in [0, 0.1) is 0 Å². The zero-order valence-electron chi connectivity index (χ0n) is 45.2. The van der Waals surface area contributed by atoms with Crippen molar-refractivity contribution in [1.29, 1.82) is 0 Å². The van der Waals surface area contributed by atoms with Crippen LogP contribution in [0.1, 0.15) is 206 Å². The second kappa shape index (κ2) is 50.6. The van der Waals surface area contributed by atoms with Gasteiger partial charge in [-0.1, -0.05) is 220 Å². The Bertz CT molecular complexity index is 1550. The molecule has 10 heteroatoms. The maximum absolute atomic E-state index is 12.8. The predicted molar refractivity (Wildman–Crippen MR) is 298 cm³/mol. The lowest BCUT2D eigenvalue weighted by Gasteiger charge is -2.24. The molecule has 0 saturated heterocycles. The Morgan fingerprint density at radius 2 is 0.814 bits per heavy atom. The van der Waals surface area contributed by atoms with Crippen molar-refractivity contribution in [2.75, 3.05) is 47.5 Å². The summed E-state index contributed by atoms with van der Waals surface area (Å²) in [6.07, 6.45) is 70.1. The number of hydrogen-bond donors (Lipinski definition) is 1. The molecule has 0 spiro atoms. The molecule has 0 aliphatic heterocycles. The molecule has 9 nitrogen and oxygen atoms in total. The van der Waals surface area contributed by atoms with E-state index < -0.39 is 26.5 Å². The minimum atomic E-state index is -4.40. The van der Waals surface area contributed by atoms with Crippen LogP contribution in [0.25, 0.3) is 0 Å². The molecule has 0 aromatic carbocycles. The zero-order valence-corrected chi connectivity index (χ0v) is 46.1. The van der Waals surface area contributed by atoms with E-state index in [0.717, 1.165) is 96.3 Å². The summed E-state index contributed by atoms with van der Waals surface area (Å²) in [6.45, 7) is 4.27. The molecule has 0 radical (unpaired) electrons. The van der Waals surface area contributed by atoms with Crippen LogP contribution in [0.5, 0.6) is 0 Å². The highest BCUT2D eigenvalue weighted by molar-refractivity contribution is 7.47. The Morgan fingerprint density at radius 1 is 0.457 bits per heavy atom. The van der Waals surface area contributed by atoms with E-state index in [4.69, 9.17) is 18.5 Å². The SMILES string of the molecule is CC/C=C\C/C=C\C/C=C\C/C=C\C/C=C\C/C=C\C/C=C\C/C=C\C/C=C\CCCCCC(=O)OC(COC(=O)CCCCCCCCCCCCCCCCC)COP(=O)(O)OCC[N+](C)(C)C. The minimum Gasteiger partial charge on any atom is -0.462 e. The van der Waals surface area contributed by atoms with Crippen molar-refractivity contribution in [3.05, 3.63) is 109 Å². The molecule has 0 rings (SSSR count). The summed E-state index contributed by atoms with van der Waals surface area (Å²) in [5.41, 5.74) is 0. The highest BCUT2D eigenvalue weighted by atomic mass is 31.2. The molecule has 0 amide bonds. The number of unbranched alkanes of at least 4 members (excludes halogenated alkanes) is 17. The van der Waals surface area contributed by atoms with E-state index in [1.165, 1.54) is 77.0 Å². The van der Waals surface area contributed by atoms with Crippen molar-refractivity contribution in [3.63, 3.8) is 0 Å². The molecule has 1 N–H and O–H groups in total. The molecule has 0 aliphatic carbocycles. The summed E-state index contributed by atoms with van der Waals surface area (Å²) in [5, 5.41) is 0. The smallest absolute Gasteiger partial charge is 0.462 e. The minimum absolute atomic E-state index is 0.0201. The third-order valence-electron chi connectivity index (χ3n) is 11.3. The molecule has 0 heterocycles. The van der Waals surface area contributed by atoms with Crippen LogP contribution in [-0.4, -0.2) is 74.9 Å². The van der Waals surface area contributed by atoms with Gasteiger partial charge in [0.05, 0.1) is 27.7 Å². The van der Waals surface area contributed by atoms with Crippen LogP contribution in [0.3, 0.4) is 0 Å². The number of allylic oxidation sites excluding steroid dienone is 18. The number of carbonyl (C=O) groups excluding carboxylic acids is 2. The van der Waals surface area contributed by atoms with Crippen molar-refractivity contribution in [2.24, 2.45) is 0 Å². The Kier molecular flexibility index (Phi) is 48.2. The first-order chi connectivity index (χ1) is 34.0. The van der Waals surface area contributed by atoms with Gasteiger partial charge in [0.25, 0.3) is 0 Å². The molecular weight excluding hydrogens is 894 g/mol.